The fourth-order valence-electron chi connectivity index (χ4n) is 1.11. The number of esters is 1. The molecule has 0 unspecified atom stereocenters. The number of rotatable bonds is 3. The lowest BCUT2D eigenvalue weighted by Crippen LogP contribution is -2.05. The van der Waals surface area contributed by atoms with Gasteiger partial charge in [0.1, 0.15) is 0 Å². The number of hydrogen-bond donors (Lipinski definition) is 1. The highest BCUT2D eigenvalue weighted by atomic mass is 16.6. The normalized spacial score (nSPS) is 9.64. The third-order valence-corrected chi connectivity index (χ3v) is 1.70. The number of aliphatic hydroxyl groups excluding tert-OH is 1. The van der Waals surface area contributed by atoms with Gasteiger partial charge in [-0.1, -0.05) is 12.1 Å². The second-order valence-corrected chi connectivity index (χ2v) is 2.70. The molecule has 0 spiro atoms. The van der Waals surface area contributed by atoms with Crippen LogP contribution in [-0.4, -0.2) is 18.2 Å². The lowest BCUT2D eigenvalue weighted by Gasteiger charge is -2.10. The van der Waals surface area contributed by atoms with E-state index in [0.717, 1.165) is 0 Å². The van der Waals surface area contributed by atoms with E-state index >= 15 is 0 Å². The predicted molar refractivity (Wildman–Crippen MR) is 50.2 cm³/mol. The summed E-state index contributed by atoms with van der Waals surface area (Å²) in [4.78, 5) is 10.8. The van der Waals surface area contributed by atoms with Crippen molar-refractivity contribution in [1.82, 2.24) is 0 Å². The molecule has 0 fully saturated rings. The van der Waals surface area contributed by atoms with E-state index in [9.17, 15) is 4.79 Å². The third kappa shape index (κ3) is 2.23. The molecule has 0 aliphatic heterocycles. The number of carbonyl (C=O) groups is 1. The van der Waals surface area contributed by atoms with Crippen LogP contribution in [0.5, 0.6) is 11.5 Å². The molecule has 0 heterocycles. The summed E-state index contributed by atoms with van der Waals surface area (Å²) in [6.45, 7) is 1.10. The zero-order valence-corrected chi connectivity index (χ0v) is 8.11. The molecule has 0 radical (unpaired) electrons. The van der Waals surface area contributed by atoms with Crippen molar-refractivity contribution in [3.8, 4) is 11.5 Å². The maximum Gasteiger partial charge on any atom is 0.308 e. The Balaban J connectivity index is 3.12. The molecule has 0 saturated carbocycles. The van der Waals surface area contributed by atoms with E-state index in [-0.39, 0.29) is 12.4 Å². The Labute approximate surface area is 82.1 Å². The molecular formula is C10H12O4. The monoisotopic (exact) mass is 196 g/mol. The Bertz CT molecular complexity index is 311. The molecule has 1 rings (SSSR count). The summed E-state index contributed by atoms with van der Waals surface area (Å²) in [6.07, 6.45) is 0. The zero-order chi connectivity index (χ0) is 10.6. The number of methoxy groups -OCH3 is 1. The zero-order valence-electron chi connectivity index (χ0n) is 8.11. The number of benzene rings is 1. The Morgan fingerprint density at radius 3 is 2.71 bits per heavy atom. The largest absolute Gasteiger partial charge is 0.493 e. The van der Waals surface area contributed by atoms with Crippen molar-refractivity contribution in [2.75, 3.05) is 7.11 Å². The summed E-state index contributed by atoms with van der Waals surface area (Å²) in [5, 5.41) is 9.00. The Kier molecular flexibility index (Phi) is 3.48. The van der Waals surface area contributed by atoms with E-state index in [1.54, 1.807) is 18.2 Å². The maximum atomic E-state index is 10.8. The van der Waals surface area contributed by atoms with Crippen LogP contribution in [0.4, 0.5) is 0 Å². The van der Waals surface area contributed by atoms with Gasteiger partial charge in [0.05, 0.1) is 13.7 Å². The first-order valence-electron chi connectivity index (χ1n) is 4.14. The van der Waals surface area contributed by atoms with Crippen LogP contribution in [0.3, 0.4) is 0 Å². The summed E-state index contributed by atoms with van der Waals surface area (Å²) >= 11 is 0. The highest BCUT2D eigenvalue weighted by Gasteiger charge is 2.11. The highest BCUT2D eigenvalue weighted by molar-refractivity contribution is 5.71. The lowest BCUT2D eigenvalue weighted by atomic mass is 10.2. The van der Waals surface area contributed by atoms with Crippen molar-refractivity contribution in [1.29, 1.82) is 0 Å². The Morgan fingerprint density at radius 2 is 2.21 bits per heavy atom. The second-order valence-electron chi connectivity index (χ2n) is 2.70. The number of para-hydroxylation sites is 1. The summed E-state index contributed by atoms with van der Waals surface area (Å²) in [7, 11) is 1.48. The predicted octanol–water partition coefficient (Wildman–Crippen LogP) is 1.11. The van der Waals surface area contributed by atoms with Gasteiger partial charge in [-0.05, 0) is 6.07 Å². The molecule has 76 valence electrons. The van der Waals surface area contributed by atoms with Gasteiger partial charge in [-0.25, -0.2) is 0 Å². The standard InChI is InChI=1S/C10H12O4/c1-7(12)14-10-8(6-11)4-3-5-9(10)13-2/h3-5,11H,6H2,1-2H3. The molecule has 0 aromatic heterocycles. The molecular weight excluding hydrogens is 184 g/mol. The lowest BCUT2D eigenvalue weighted by molar-refractivity contribution is -0.132. The van der Waals surface area contributed by atoms with Gasteiger partial charge >= 0.3 is 5.97 Å². The molecule has 1 aromatic rings. The van der Waals surface area contributed by atoms with E-state index in [2.05, 4.69) is 0 Å². The van der Waals surface area contributed by atoms with Crippen molar-refractivity contribution in [3.05, 3.63) is 23.8 Å². The van der Waals surface area contributed by atoms with Gasteiger partial charge in [0, 0.05) is 12.5 Å². The van der Waals surface area contributed by atoms with Crippen LogP contribution < -0.4 is 9.47 Å². The molecule has 4 heteroatoms. The van der Waals surface area contributed by atoms with E-state index in [1.807, 2.05) is 0 Å². The van der Waals surface area contributed by atoms with Gasteiger partial charge in [0.25, 0.3) is 0 Å². The fraction of sp³-hybridized carbons (Fsp3) is 0.300. The van der Waals surface area contributed by atoms with Crippen molar-refractivity contribution in [2.45, 2.75) is 13.5 Å². The highest BCUT2D eigenvalue weighted by Crippen LogP contribution is 2.30. The SMILES string of the molecule is COc1cccc(CO)c1OC(C)=O. The van der Waals surface area contributed by atoms with Gasteiger partial charge in [-0.2, -0.15) is 0 Å². The first-order chi connectivity index (χ1) is 6.69. The first-order valence-corrected chi connectivity index (χ1v) is 4.14. The number of hydrogen-bond acceptors (Lipinski definition) is 4. The molecule has 0 aliphatic rings. The van der Waals surface area contributed by atoms with Gasteiger partial charge in [0.2, 0.25) is 0 Å². The van der Waals surface area contributed by atoms with E-state index < -0.39 is 5.97 Å². The van der Waals surface area contributed by atoms with E-state index in [0.29, 0.717) is 11.3 Å². The Hall–Kier alpha value is -1.55. The van der Waals surface area contributed by atoms with Crippen molar-refractivity contribution in [2.24, 2.45) is 0 Å². The van der Waals surface area contributed by atoms with Gasteiger partial charge in [0.15, 0.2) is 11.5 Å². The molecule has 0 amide bonds. The quantitative estimate of drug-likeness (QED) is 0.581. The molecule has 0 aliphatic carbocycles. The molecule has 0 atom stereocenters. The van der Waals surface area contributed by atoms with Crippen LogP contribution in [-0.2, 0) is 11.4 Å². The number of ether oxygens (including phenoxy) is 2. The summed E-state index contributed by atoms with van der Waals surface area (Å²) in [6, 6.07) is 5.05. The van der Waals surface area contributed by atoms with Gasteiger partial charge in [-0.3, -0.25) is 4.79 Å². The van der Waals surface area contributed by atoms with Crippen LogP contribution >= 0.6 is 0 Å². The minimum absolute atomic E-state index is 0.195. The van der Waals surface area contributed by atoms with Crippen molar-refractivity contribution >= 4 is 5.97 Å². The van der Waals surface area contributed by atoms with Crippen molar-refractivity contribution < 1.29 is 19.4 Å². The second kappa shape index (κ2) is 4.62. The summed E-state index contributed by atoms with van der Waals surface area (Å²) < 4.78 is 9.93. The molecule has 14 heavy (non-hydrogen) atoms. The first kappa shape index (κ1) is 10.5. The Morgan fingerprint density at radius 1 is 1.50 bits per heavy atom. The number of aliphatic hydroxyl groups is 1. The van der Waals surface area contributed by atoms with Crippen LogP contribution in [0.1, 0.15) is 12.5 Å². The minimum atomic E-state index is -0.441. The topological polar surface area (TPSA) is 55.8 Å². The van der Waals surface area contributed by atoms with Gasteiger partial charge < -0.3 is 14.6 Å². The average Bonchev–Trinajstić information content (AvgIpc) is 2.17. The summed E-state index contributed by atoms with van der Waals surface area (Å²) in [5.74, 6) is 0.279. The maximum absolute atomic E-state index is 10.8. The van der Waals surface area contributed by atoms with Crippen LogP contribution in [0.2, 0.25) is 0 Å². The molecule has 1 aromatic carbocycles. The molecule has 4 nitrogen and oxygen atoms in total. The smallest absolute Gasteiger partial charge is 0.308 e. The fourth-order valence-corrected chi connectivity index (χ4v) is 1.11. The van der Waals surface area contributed by atoms with Crippen LogP contribution in [0.25, 0.3) is 0 Å². The van der Waals surface area contributed by atoms with E-state index in [4.69, 9.17) is 14.6 Å². The van der Waals surface area contributed by atoms with Crippen LogP contribution in [0.15, 0.2) is 18.2 Å². The van der Waals surface area contributed by atoms with Crippen LogP contribution in [0, 0.1) is 0 Å². The molecule has 1 N–H and O–H groups in total. The third-order valence-electron chi connectivity index (χ3n) is 1.70. The number of carbonyl (C=O) groups excluding carboxylic acids is 1. The molecule has 0 bridgehead atoms. The van der Waals surface area contributed by atoms with Gasteiger partial charge in [-0.15, -0.1) is 0 Å². The molecule has 0 saturated heterocycles. The summed E-state index contributed by atoms with van der Waals surface area (Å²) in [5.41, 5.74) is 0.527. The average molecular weight is 196 g/mol. The van der Waals surface area contributed by atoms with Crippen molar-refractivity contribution in [3.63, 3.8) is 0 Å². The minimum Gasteiger partial charge on any atom is -0.493 e. The van der Waals surface area contributed by atoms with E-state index in [1.165, 1.54) is 14.0 Å².